The Hall–Kier alpha value is -1.63. The van der Waals surface area contributed by atoms with E-state index in [4.69, 9.17) is 17.0 Å². The van der Waals surface area contributed by atoms with Crippen molar-refractivity contribution in [2.45, 2.75) is 58.5 Å². The fourth-order valence-electron chi connectivity index (χ4n) is 2.63. The van der Waals surface area contributed by atoms with Crippen LogP contribution in [0.15, 0.2) is 6.07 Å². The number of nitrogens with zero attached hydrogens (tertiary/aromatic N) is 3. The third kappa shape index (κ3) is 5.20. The molecule has 2 N–H and O–H groups in total. The summed E-state index contributed by atoms with van der Waals surface area (Å²) >= 11 is 5.33. The molecule has 1 unspecified atom stereocenters. The molecule has 0 amide bonds. The Morgan fingerprint density at radius 3 is 2.70 bits per heavy atom. The van der Waals surface area contributed by atoms with Crippen molar-refractivity contribution in [3.05, 3.63) is 6.07 Å². The van der Waals surface area contributed by atoms with Gasteiger partial charge < -0.3 is 20.3 Å². The van der Waals surface area contributed by atoms with E-state index in [1.54, 1.807) is 7.11 Å². The third-order valence-electron chi connectivity index (χ3n) is 3.71. The van der Waals surface area contributed by atoms with Crippen molar-refractivity contribution in [2.75, 3.05) is 23.9 Å². The number of hydrogen-bond donors (Lipinski definition) is 2. The van der Waals surface area contributed by atoms with E-state index in [0.717, 1.165) is 12.4 Å². The second-order valence-corrected chi connectivity index (χ2v) is 7.37. The highest BCUT2D eigenvalue weighted by molar-refractivity contribution is 7.80. The Balaban J connectivity index is 2.20. The van der Waals surface area contributed by atoms with Crippen LogP contribution in [0, 0.1) is 0 Å². The summed E-state index contributed by atoms with van der Waals surface area (Å²) in [5.74, 6) is 1.87. The van der Waals surface area contributed by atoms with Gasteiger partial charge >= 0.3 is 0 Å². The molecule has 0 aliphatic carbocycles. The molecule has 23 heavy (non-hydrogen) atoms. The van der Waals surface area contributed by atoms with E-state index >= 15 is 0 Å². The number of nitrogens with one attached hydrogen (secondary N) is 2. The molecule has 1 atom stereocenters. The van der Waals surface area contributed by atoms with E-state index in [1.165, 1.54) is 19.3 Å². The molecule has 1 saturated heterocycles. The van der Waals surface area contributed by atoms with Crippen molar-refractivity contribution in [2.24, 2.45) is 0 Å². The number of piperidine rings is 1. The van der Waals surface area contributed by atoms with Crippen molar-refractivity contribution < 1.29 is 4.74 Å². The predicted molar refractivity (Wildman–Crippen MR) is 98.4 cm³/mol. The molecule has 6 nitrogen and oxygen atoms in total. The highest BCUT2D eigenvalue weighted by Gasteiger charge is 2.21. The average Bonchev–Trinajstić information content (AvgIpc) is 2.45. The largest absolute Gasteiger partial charge is 0.481 e. The van der Waals surface area contributed by atoms with Crippen molar-refractivity contribution in [3.63, 3.8) is 0 Å². The number of anilines is 2. The van der Waals surface area contributed by atoms with E-state index in [9.17, 15) is 0 Å². The SMILES string of the molecule is COc1cc(N2CCCCC2C)nc(NC(=S)NC(C)(C)C)n1. The lowest BCUT2D eigenvalue weighted by Gasteiger charge is -2.34. The van der Waals surface area contributed by atoms with Gasteiger partial charge in [-0.2, -0.15) is 9.97 Å². The van der Waals surface area contributed by atoms with E-state index in [0.29, 0.717) is 23.0 Å². The smallest absolute Gasteiger partial charge is 0.234 e. The number of aromatic nitrogens is 2. The molecular weight excluding hydrogens is 310 g/mol. The Morgan fingerprint density at radius 1 is 1.35 bits per heavy atom. The Kier molecular flexibility index (Phi) is 5.62. The normalized spacial score (nSPS) is 18.5. The lowest BCUT2D eigenvalue weighted by atomic mass is 10.0. The summed E-state index contributed by atoms with van der Waals surface area (Å²) in [5, 5.41) is 6.76. The maximum atomic E-state index is 5.33. The van der Waals surface area contributed by atoms with Crippen LogP contribution in [0.2, 0.25) is 0 Å². The molecule has 128 valence electrons. The first kappa shape index (κ1) is 17.7. The Bertz CT molecular complexity index is 558. The number of ether oxygens (including phenoxy) is 1. The summed E-state index contributed by atoms with van der Waals surface area (Å²) in [6.07, 6.45) is 3.63. The number of thiocarbonyl (C=S) groups is 1. The molecule has 0 aromatic carbocycles. The first-order chi connectivity index (χ1) is 10.8. The molecule has 1 aliphatic rings. The van der Waals surface area contributed by atoms with Crippen LogP contribution in [0.5, 0.6) is 5.88 Å². The zero-order chi connectivity index (χ0) is 17.0. The number of rotatable bonds is 3. The van der Waals surface area contributed by atoms with E-state index in [1.807, 2.05) is 26.8 Å². The highest BCUT2D eigenvalue weighted by Crippen LogP contribution is 2.26. The van der Waals surface area contributed by atoms with Gasteiger partial charge in [0.2, 0.25) is 11.8 Å². The van der Waals surface area contributed by atoms with Crippen LogP contribution in [0.1, 0.15) is 47.0 Å². The van der Waals surface area contributed by atoms with Crippen LogP contribution in [-0.2, 0) is 0 Å². The first-order valence-electron chi connectivity index (χ1n) is 8.07. The van der Waals surface area contributed by atoms with Gasteiger partial charge in [0.25, 0.3) is 0 Å². The van der Waals surface area contributed by atoms with Gasteiger partial charge in [0.1, 0.15) is 5.82 Å². The first-order valence-corrected chi connectivity index (χ1v) is 8.48. The zero-order valence-corrected chi connectivity index (χ0v) is 15.5. The van der Waals surface area contributed by atoms with Gasteiger partial charge in [-0.1, -0.05) is 0 Å². The fraction of sp³-hybridized carbons (Fsp3) is 0.688. The van der Waals surface area contributed by atoms with Gasteiger partial charge in [-0.3, -0.25) is 0 Å². The minimum atomic E-state index is -0.118. The molecule has 0 saturated carbocycles. The van der Waals surface area contributed by atoms with E-state index < -0.39 is 0 Å². The van der Waals surface area contributed by atoms with Crippen LogP contribution >= 0.6 is 12.2 Å². The predicted octanol–water partition coefficient (Wildman–Crippen LogP) is 2.95. The lowest BCUT2D eigenvalue weighted by molar-refractivity contribution is 0.396. The molecule has 2 heterocycles. The van der Waals surface area contributed by atoms with Gasteiger partial charge in [0.05, 0.1) is 7.11 Å². The van der Waals surface area contributed by atoms with Crippen LogP contribution in [-0.4, -0.2) is 40.3 Å². The van der Waals surface area contributed by atoms with Crippen LogP contribution in [0.25, 0.3) is 0 Å². The second-order valence-electron chi connectivity index (χ2n) is 6.96. The summed E-state index contributed by atoms with van der Waals surface area (Å²) in [5.41, 5.74) is -0.118. The molecule has 0 radical (unpaired) electrons. The summed E-state index contributed by atoms with van der Waals surface area (Å²) in [7, 11) is 1.61. The minimum Gasteiger partial charge on any atom is -0.481 e. The van der Waals surface area contributed by atoms with Gasteiger partial charge in [-0.05, 0) is 59.2 Å². The van der Waals surface area contributed by atoms with Gasteiger partial charge in [0.15, 0.2) is 5.11 Å². The highest BCUT2D eigenvalue weighted by atomic mass is 32.1. The summed E-state index contributed by atoms with van der Waals surface area (Å²) < 4.78 is 5.32. The fourth-order valence-corrected chi connectivity index (χ4v) is 3.03. The molecular formula is C16H27N5OS. The maximum absolute atomic E-state index is 5.33. The number of hydrogen-bond acceptors (Lipinski definition) is 5. The average molecular weight is 337 g/mol. The standard InChI is InChI=1S/C16H27N5OS/c1-11-8-6-7-9-21(11)12-10-13(22-5)18-14(17-12)19-15(23)20-16(2,3)4/h10-11H,6-9H2,1-5H3,(H2,17,18,19,20,23). The van der Waals surface area contributed by atoms with Gasteiger partial charge in [-0.25, -0.2) is 0 Å². The zero-order valence-electron chi connectivity index (χ0n) is 14.6. The summed E-state index contributed by atoms with van der Waals surface area (Å²) in [4.78, 5) is 11.3. The van der Waals surface area contributed by atoms with Crippen LogP contribution in [0.4, 0.5) is 11.8 Å². The maximum Gasteiger partial charge on any atom is 0.234 e. The van der Waals surface area contributed by atoms with Crippen molar-refractivity contribution in [1.29, 1.82) is 0 Å². The summed E-state index contributed by atoms with van der Waals surface area (Å²) in [6, 6.07) is 2.35. The van der Waals surface area contributed by atoms with Crippen LogP contribution < -0.4 is 20.3 Å². The quantitative estimate of drug-likeness (QED) is 0.822. The van der Waals surface area contributed by atoms with Crippen molar-refractivity contribution in [1.82, 2.24) is 15.3 Å². The molecule has 1 aromatic heterocycles. The number of methoxy groups -OCH3 is 1. The van der Waals surface area contributed by atoms with Crippen molar-refractivity contribution >= 4 is 29.1 Å². The molecule has 1 aromatic rings. The molecule has 2 rings (SSSR count). The molecule has 0 bridgehead atoms. The Morgan fingerprint density at radius 2 is 2.09 bits per heavy atom. The summed E-state index contributed by atoms with van der Waals surface area (Å²) in [6.45, 7) is 9.38. The third-order valence-corrected chi connectivity index (χ3v) is 3.91. The van der Waals surface area contributed by atoms with Gasteiger partial charge in [-0.15, -0.1) is 0 Å². The van der Waals surface area contributed by atoms with E-state index in [-0.39, 0.29) is 5.54 Å². The van der Waals surface area contributed by atoms with E-state index in [2.05, 4.69) is 32.4 Å². The molecule has 7 heteroatoms. The lowest BCUT2D eigenvalue weighted by Crippen LogP contribution is -2.43. The monoisotopic (exact) mass is 337 g/mol. The minimum absolute atomic E-state index is 0.118. The van der Waals surface area contributed by atoms with Crippen LogP contribution in [0.3, 0.4) is 0 Å². The molecule has 1 fully saturated rings. The Labute approximate surface area is 144 Å². The topological polar surface area (TPSA) is 62.3 Å². The van der Waals surface area contributed by atoms with Gasteiger partial charge in [0, 0.05) is 24.2 Å². The van der Waals surface area contributed by atoms with Crippen molar-refractivity contribution in [3.8, 4) is 5.88 Å². The molecule has 1 aliphatic heterocycles. The molecule has 0 spiro atoms. The second kappa shape index (κ2) is 7.29.